The SMILES string of the molecule is CC(C)(C)c1nc2ccccc2n1CCC(=N)N.Cl. The molecule has 1 aromatic heterocycles. The normalized spacial score (nSPS) is 11.3. The molecular weight excluding hydrogens is 260 g/mol. The third-order valence-electron chi connectivity index (χ3n) is 2.93. The Morgan fingerprint density at radius 3 is 2.53 bits per heavy atom. The lowest BCUT2D eigenvalue weighted by atomic mass is 9.95. The van der Waals surface area contributed by atoms with Gasteiger partial charge in [-0.25, -0.2) is 4.98 Å². The molecule has 2 aromatic rings. The van der Waals surface area contributed by atoms with E-state index in [1.807, 2.05) is 18.2 Å². The van der Waals surface area contributed by atoms with Crippen LogP contribution in [0.1, 0.15) is 33.0 Å². The molecule has 0 aliphatic rings. The average molecular weight is 281 g/mol. The van der Waals surface area contributed by atoms with Gasteiger partial charge in [0.25, 0.3) is 0 Å². The molecule has 0 radical (unpaired) electrons. The maximum atomic E-state index is 7.38. The number of amidine groups is 1. The van der Waals surface area contributed by atoms with Crippen LogP contribution in [0.25, 0.3) is 11.0 Å². The van der Waals surface area contributed by atoms with E-state index in [2.05, 4.69) is 31.4 Å². The Morgan fingerprint density at radius 2 is 1.95 bits per heavy atom. The zero-order chi connectivity index (χ0) is 13.3. The highest BCUT2D eigenvalue weighted by atomic mass is 35.5. The van der Waals surface area contributed by atoms with Crippen LogP contribution in [0.4, 0.5) is 0 Å². The summed E-state index contributed by atoms with van der Waals surface area (Å²) in [7, 11) is 0. The minimum Gasteiger partial charge on any atom is -0.388 e. The quantitative estimate of drug-likeness (QED) is 0.670. The number of aromatic nitrogens is 2. The molecule has 5 heteroatoms. The van der Waals surface area contributed by atoms with E-state index in [0.29, 0.717) is 13.0 Å². The molecule has 3 N–H and O–H groups in total. The topological polar surface area (TPSA) is 67.7 Å². The van der Waals surface area contributed by atoms with E-state index >= 15 is 0 Å². The fraction of sp³-hybridized carbons (Fsp3) is 0.429. The molecule has 0 saturated carbocycles. The maximum Gasteiger partial charge on any atom is 0.115 e. The van der Waals surface area contributed by atoms with Crippen LogP contribution in [0.15, 0.2) is 24.3 Å². The Balaban J connectivity index is 0.00000180. The molecular formula is C14H21ClN4. The van der Waals surface area contributed by atoms with Crippen LogP contribution in [0.5, 0.6) is 0 Å². The molecule has 0 spiro atoms. The summed E-state index contributed by atoms with van der Waals surface area (Å²) in [6.45, 7) is 7.16. The van der Waals surface area contributed by atoms with Gasteiger partial charge in [-0.05, 0) is 12.1 Å². The van der Waals surface area contributed by atoms with Crippen LogP contribution in [-0.4, -0.2) is 15.4 Å². The molecule has 1 aromatic carbocycles. The second kappa shape index (κ2) is 5.61. The lowest BCUT2D eigenvalue weighted by molar-refractivity contribution is 0.507. The highest BCUT2D eigenvalue weighted by Gasteiger charge is 2.22. The van der Waals surface area contributed by atoms with Crippen molar-refractivity contribution in [3.05, 3.63) is 30.1 Å². The summed E-state index contributed by atoms with van der Waals surface area (Å²) >= 11 is 0. The Bertz CT molecular complexity index is 581. The first-order chi connectivity index (χ1) is 8.39. The lowest BCUT2D eigenvalue weighted by Crippen LogP contribution is -2.21. The molecule has 0 atom stereocenters. The summed E-state index contributed by atoms with van der Waals surface area (Å²) in [6.07, 6.45) is 0.559. The molecule has 0 aliphatic heterocycles. The Hall–Kier alpha value is -1.55. The summed E-state index contributed by atoms with van der Waals surface area (Å²) in [5.74, 6) is 1.26. The smallest absolute Gasteiger partial charge is 0.115 e. The first-order valence-corrected chi connectivity index (χ1v) is 6.18. The molecule has 19 heavy (non-hydrogen) atoms. The van der Waals surface area contributed by atoms with Crippen LogP contribution >= 0.6 is 12.4 Å². The van der Waals surface area contributed by atoms with E-state index < -0.39 is 0 Å². The lowest BCUT2D eigenvalue weighted by Gasteiger charge is -2.20. The number of halogens is 1. The minimum absolute atomic E-state index is 0. The van der Waals surface area contributed by atoms with Gasteiger partial charge >= 0.3 is 0 Å². The van der Waals surface area contributed by atoms with Gasteiger partial charge in [-0.2, -0.15) is 0 Å². The number of nitrogens with one attached hydrogen (secondary N) is 1. The van der Waals surface area contributed by atoms with E-state index in [1.165, 1.54) is 0 Å². The third-order valence-corrected chi connectivity index (χ3v) is 2.93. The van der Waals surface area contributed by atoms with Crippen LogP contribution in [-0.2, 0) is 12.0 Å². The van der Waals surface area contributed by atoms with Gasteiger partial charge in [-0.3, -0.25) is 5.41 Å². The number of para-hydroxylation sites is 2. The maximum absolute atomic E-state index is 7.38. The van der Waals surface area contributed by atoms with Crippen molar-refractivity contribution in [1.82, 2.24) is 9.55 Å². The number of aryl methyl sites for hydroxylation is 1. The monoisotopic (exact) mass is 280 g/mol. The van der Waals surface area contributed by atoms with Crippen molar-refractivity contribution in [3.63, 3.8) is 0 Å². The highest BCUT2D eigenvalue weighted by Crippen LogP contribution is 2.26. The van der Waals surface area contributed by atoms with E-state index in [4.69, 9.17) is 16.1 Å². The van der Waals surface area contributed by atoms with E-state index in [-0.39, 0.29) is 23.7 Å². The number of hydrogen-bond donors (Lipinski definition) is 2. The number of hydrogen-bond acceptors (Lipinski definition) is 2. The molecule has 2 rings (SSSR count). The molecule has 0 bridgehead atoms. The summed E-state index contributed by atoms with van der Waals surface area (Å²) in [4.78, 5) is 4.71. The number of imidazole rings is 1. The summed E-state index contributed by atoms with van der Waals surface area (Å²) in [5, 5.41) is 7.38. The highest BCUT2D eigenvalue weighted by molar-refractivity contribution is 5.85. The first-order valence-electron chi connectivity index (χ1n) is 6.18. The van der Waals surface area contributed by atoms with Crippen molar-refractivity contribution in [2.75, 3.05) is 0 Å². The molecule has 1 heterocycles. The summed E-state index contributed by atoms with van der Waals surface area (Å²) in [5.41, 5.74) is 7.56. The van der Waals surface area contributed by atoms with Crippen LogP contribution in [0.3, 0.4) is 0 Å². The number of rotatable bonds is 3. The van der Waals surface area contributed by atoms with Gasteiger partial charge in [0.2, 0.25) is 0 Å². The van der Waals surface area contributed by atoms with Crippen LogP contribution < -0.4 is 5.73 Å². The Labute approximate surface area is 119 Å². The van der Waals surface area contributed by atoms with Crippen molar-refractivity contribution < 1.29 is 0 Å². The molecule has 0 amide bonds. The summed E-state index contributed by atoms with van der Waals surface area (Å²) < 4.78 is 2.18. The van der Waals surface area contributed by atoms with E-state index in [1.54, 1.807) is 0 Å². The minimum atomic E-state index is -0.0180. The van der Waals surface area contributed by atoms with Crippen molar-refractivity contribution in [2.24, 2.45) is 5.73 Å². The number of fused-ring (bicyclic) bond motifs is 1. The Kier molecular flexibility index (Phi) is 4.58. The van der Waals surface area contributed by atoms with Crippen LogP contribution in [0.2, 0.25) is 0 Å². The second-order valence-corrected chi connectivity index (χ2v) is 5.60. The zero-order valence-electron chi connectivity index (χ0n) is 11.6. The van der Waals surface area contributed by atoms with Gasteiger partial charge < -0.3 is 10.3 Å². The standard InChI is InChI=1S/C14H20N4.ClH/c1-14(2,3)13-17-10-6-4-5-7-11(10)18(13)9-8-12(15)16;/h4-7H,8-9H2,1-3H3,(H3,15,16);1H. The third kappa shape index (κ3) is 3.26. The molecule has 4 nitrogen and oxygen atoms in total. The van der Waals surface area contributed by atoms with Crippen molar-refractivity contribution in [3.8, 4) is 0 Å². The predicted octanol–water partition coefficient (Wildman–Crippen LogP) is 3.08. The molecule has 0 saturated heterocycles. The predicted molar refractivity (Wildman–Crippen MR) is 82.2 cm³/mol. The fourth-order valence-corrected chi connectivity index (χ4v) is 2.11. The number of benzene rings is 1. The van der Waals surface area contributed by atoms with Gasteiger partial charge in [-0.15, -0.1) is 12.4 Å². The second-order valence-electron chi connectivity index (χ2n) is 5.60. The first kappa shape index (κ1) is 15.5. The van der Waals surface area contributed by atoms with Crippen molar-refractivity contribution >= 4 is 29.3 Å². The average Bonchev–Trinajstić information content (AvgIpc) is 2.64. The molecule has 0 fully saturated rings. The van der Waals surface area contributed by atoms with Gasteiger partial charge in [0.05, 0.1) is 16.9 Å². The molecule has 0 aliphatic carbocycles. The fourth-order valence-electron chi connectivity index (χ4n) is 2.11. The molecule has 0 unspecified atom stereocenters. The number of nitrogens with two attached hydrogens (primary N) is 1. The Morgan fingerprint density at radius 1 is 1.32 bits per heavy atom. The van der Waals surface area contributed by atoms with Gasteiger partial charge in [-0.1, -0.05) is 32.9 Å². The number of nitrogens with zero attached hydrogens (tertiary/aromatic N) is 2. The van der Waals surface area contributed by atoms with Gasteiger partial charge in [0, 0.05) is 18.4 Å². The van der Waals surface area contributed by atoms with Gasteiger partial charge in [0.1, 0.15) is 5.82 Å². The zero-order valence-corrected chi connectivity index (χ0v) is 12.4. The molecule has 104 valence electrons. The van der Waals surface area contributed by atoms with E-state index in [9.17, 15) is 0 Å². The van der Waals surface area contributed by atoms with Crippen molar-refractivity contribution in [1.29, 1.82) is 5.41 Å². The summed E-state index contributed by atoms with van der Waals surface area (Å²) in [6, 6.07) is 8.10. The van der Waals surface area contributed by atoms with E-state index in [0.717, 1.165) is 16.9 Å². The largest absolute Gasteiger partial charge is 0.388 e. The van der Waals surface area contributed by atoms with Crippen molar-refractivity contribution in [2.45, 2.75) is 39.2 Å². The van der Waals surface area contributed by atoms with Gasteiger partial charge in [0.15, 0.2) is 0 Å². The van der Waals surface area contributed by atoms with Crippen LogP contribution in [0, 0.1) is 5.41 Å².